The molecular formula is C21H31N3O2. The average Bonchev–Trinajstić information content (AvgIpc) is 3.14. The van der Waals surface area contributed by atoms with Crippen molar-refractivity contribution in [1.82, 2.24) is 9.97 Å². The van der Waals surface area contributed by atoms with Gasteiger partial charge in [-0.25, -0.2) is 9.97 Å². The molecular weight excluding hydrogens is 326 g/mol. The fourth-order valence-electron chi connectivity index (χ4n) is 6.90. The minimum Gasteiger partial charge on any atom is -0.395 e. The summed E-state index contributed by atoms with van der Waals surface area (Å²) in [5.74, 6) is 3.09. The Kier molecular flexibility index (Phi) is 4.20. The van der Waals surface area contributed by atoms with Gasteiger partial charge in [0.2, 0.25) is 5.95 Å². The van der Waals surface area contributed by atoms with Crippen LogP contribution in [0.15, 0.2) is 12.3 Å². The van der Waals surface area contributed by atoms with Crippen molar-refractivity contribution < 1.29 is 10.2 Å². The van der Waals surface area contributed by atoms with Gasteiger partial charge in [0.25, 0.3) is 0 Å². The summed E-state index contributed by atoms with van der Waals surface area (Å²) in [5, 5.41) is 20.6. The van der Waals surface area contributed by atoms with Gasteiger partial charge < -0.3 is 15.1 Å². The molecule has 5 fully saturated rings. The molecule has 2 unspecified atom stereocenters. The quantitative estimate of drug-likeness (QED) is 0.848. The van der Waals surface area contributed by atoms with Gasteiger partial charge in [0, 0.05) is 30.4 Å². The number of nitrogens with zero attached hydrogens (tertiary/aromatic N) is 3. The maximum Gasteiger partial charge on any atom is 0.225 e. The molecule has 2 N–H and O–H groups in total. The lowest BCUT2D eigenvalue weighted by molar-refractivity contribution is -0.134. The first-order valence-electron chi connectivity index (χ1n) is 10.6. The highest BCUT2D eigenvalue weighted by atomic mass is 16.3. The standard InChI is InChI=1S/C21H31N3O2/c25-8-7-24(20-22-6-5-18(23-20)15-3-1-2-4-15)19-16-9-14-10-17(19)13-21(26,11-14)12-16/h5-6,14-17,19,25-26H,1-4,7-13H2. The Morgan fingerprint density at radius 3 is 2.50 bits per heavy atom. The van der Waals surface area contributed by atoms with Crippen LogP contribution in [0.3, 0.4) is 0 Å². The summed E-state index contributed by atoms with van der Waals surface area (Å²) in [6.07, 6.45) is 12.2. The van der Waals surface area contributed by atoms with Gasteiger partial charge in [0.15, 0.2) is 0 Å². The molecule has 1 aromatic rings. The molecule has 5 heteroatoms. The number of anilines is 1. The zero-order valence-corrected chi connectivity index (χ0v) is 15.6. The van der Waals surface area contributed by atoms with E-state index in [1.54, 1.807) is 0 Å². The third-order valence-electron chi connectivity index (χ3n) is 7.59. The second kappa shape index (κ2) is 6.45. The first-order valence-corrected chi connectivity index (χ1v) is 10.6. The largest absolute Gasteiger partial charge is 0.395 e. The van der Waals surface area contributed by atoms with Crippen LogP contribution in [0.5, 0.6) is 0 Å². The van der Waals surface area contributed by atoms with Crippen LogP contribution in [0.1, 0.15) is 69.4 Å². The Morgan fingerprint density at radius 2 is 1.85 bits per heavy atom. The van der Waals surface area contributed by atoms with Crippen molar-refractivity contribution in [2.75, 3.05) is 18.1 Å². The van der Waals surface area contributed by atoms with E-state index in [1.165, 1.54) is 44.2 Å². The number of hydrogen-bond donors (Lipinski definition) is 2. The van der Waals surface area contributed by atoms with Crippen molar-refractivity contribution in [1.29, 1.82) is 0 Å². The number of rotatable bonds is 5. The molecule has 0 spiro atoms. The molecule has 1 heterocycles. The van der Waals surface area contributed by atoms with Crippen LogP contribution >= 0.6 is 0 Å². The predicted octanol–water partition coefficient (Wildman–Crippen LogP) is 2.87. The minimum atomic E-state index is -0.426. The zero-order chi connectivity index (χ0) is 17.7. The molecule has 142 valence electrons. The highest BCUT2D eigenvalue weighted by Gasteiger charge is 2.56. The third-order valence-corrected chi connectivity index (χ3v) is 7.59. The molecule has 0 aromatic carbocycles. The summed E-state index contributed by atoms with van der Waals surface area (Å²) in [6.45, 7) is 0.718. The molecule has 5 nitrogen and oxygen atoms in total. The Balaban J connectivity index is 1.44. The molecule has 0 amide bonds. The number of aliphatic hydroxyl groups is 2. The zero-order valence-electron chi connectivity index (χ0n) is 15.6. The second-order valence-corrected chi connectivity index (χ2v) is 9.36. The Labute approximate surface area is 155 Å². The summed E-state index contributed by atoms with van der Waals surface area (Å²) in [5.41, 5.74) is 0.752. The highest BCUT2D eigenvalue weighted by molar-refractivity contribution is 5.35. The van der Waals surface area contributed by atoms with Crippen molar-refractivity contribution in [3.8, 4) is 0 Å². The van der Waals surface area contributed by atoms with E-state index in [-0.39, 0.29) is 6.61 Å². The van der Waals surface area contributed by atoms with Gasteiger partial charge in [-0.3, -0.25) is 0 Å². The smallest absolute Gasteiger partial charge is 0.225 e. The molecule has 5 aliphatic carbocycles. The third kappa shape index (κ3) is 2.84. The molecule has 1 aromatic heterocycles. The highest BCUT2D eigenvalue weighted by Crippen LogP contribution is 2.57. The molecule has 2 atom stereocenters. The molecule has 0 radical (unpaired) electrons. The van der Waals surface area contributed by atoms with E-state index in [0.29, 0.717) is 36.3 Å². The fraction of sp³-hybridized carbons (Fsp3) is 0.810. The van der Waals surface area contributed by atoms with Gasteiger partial charge in [-0.1, -0.05) is 12.8 Å². The van der Waals surface area contributed by atoms with Gasteiger partial charge >= 0.3 is 0 Å². The molecule has 6 rings (SSSR count). The van der Waals surface area contributed by atoms with Gasteiger partial charge in [-0.2, -0.15) is 0 Å². The van der Waals surface area contributed by atoms with Crippen molar-refractivity contribution in [3.63, 3.8) is 0 Å². The number of aromatic nitrogens is 2. The Morgan fingerprint density at radius 1 is 1.12 bits per heavy atom. The molecule has 5 aliphatic rings. The maximum atomic E-state index is 10.9. The lowest BCUT2D eigenvalue weighted by atomic mass is 9.52. The summed E-state index contributed by atoms with van der Waals surface area (Å²) in [4.78, 5) is 11.9. The first-order chi connectivity index (χ1) is 12.6. The number of aliphatic hydroxyl groups excluding tert-OH is 1. The summed E-state index contributed by atoms with van der Waals surface area (Å²) in [6, 6.07) is 2.45. The summed E-state index contributed by atoms with van der Waals surface area (Å²) >= 11 is 0. The van der Waals surface area contributed by atoms with Crippen LogP contribution in [0.25, 0.3) is 0 Å². The summed E-state index contributed by atoms with van der Waals surface area (Å²) in [7, 11) is 0. The van der Waals surface area contributed by atoms with Gasteiger partial charge in [0.1, 0.15) is 0 Å². The van der Waals surface area contributed by atoms with Crippen LogP contribution in [0.4, 0.5) is 5.95 Å². The van der Waals surface area contributed by atoms with Gasteiger partial charge in [-0.05, 0) is 68.8 Å². The van der Waals surface area contributed by atoms with Crippen LogP contribution in [0.2, 0.25) is 0 Å². The van der Waals surface area contributed by atoms with Gasteiger partial charge in [0.05, 0.1) is 12.2 Å². The van der Waals surface area contributed by atoms with E-state index < -0.39 is 5.60 Å². The lowest BCUT2D eigenvalue weighted by Gasteiger charge is -2.60. The monoisotopic (exact) mass is 357 g/mol. The van der Waals surface area contributed by atoms with Crippen molar-refractivity contribution >= 4 is 5.95 Å². The predicted molar refractivity (Wildman–Crippen MR) is 100.0 cm³/mol. The van der Waals surface area contributed by atoms with E-state index in [0.717, 1.165) is 25.2 Å². The van der Waals surface area contributed by atoms with Crippen molar-refractivity contribution in [2.24, 2.45) is 17.8 Å². The molecule has 4 bridgehead atoms. The number of hydrogen-bond acceptors (Lipinski definition) is 5. The first kappa shape index (κ1) is 16.9. The average molecular weight is 357 g/mol. The van der Waals surface area contributed by atoms with E-state index in [1.807, 2.05) is 6.20 Å². The van der Waals surface area contributed by atoms with Crippen LogP contribution in [0, 0.1) is 17.8 Å². The van der Waals surface area contributed by atoms with E-state index in [2.05, 4.69) is 16.0 Å². The lowest BCUT2D eigenvalue weighted by Crippen LogP contribution is -2.62. The SMILES string of the molecule is OCCN(c1nccc(C2CCCC2)n1)C1C2CC3CC1CC(O)(C3)C2. The van der Waals surface area contributed by atoms with Crippen LogP contribution in [-0.2, 0) is 0 Å². The van der Waals surface area contributed by atoms with E-state index in [9.17, 15) is 10.2 Å². The van der Waals surface area contributed by atoms with Crippen molar-refractivity contribution in [3.05, 3.63) is 18.0 Å². The molecule has 0 aliphatic heterocycles. The molecule has 5 saturated carbocycles. The van der Waals surface area contributed by atoms with E-state index in [4.69, 9.17) is 4.98 Å². The van der Waals surface area contributed by atoms with Crippen molar-refractivity contribution in [2.45, 2.75) is 75.3 Å². The fourth-order valence-corrected chi connectivity index (χ4v) is 6.90. The second-order valence-electron chi connectivity index (χ2n) is 9.36. The maximum absolute atomic E-state index is 10.9. The Hall–Kier alpha value is -1.20. The Bertz CT molecular complexity index is 644. The molecule has 26 heavy (non-hydrogen) atoms. The van der Waals surface area contributed by atoms with Crippen LogP contribution in [-0.4, -0.2) is 45.0 Å². The normalized spacial score (nSPS) is 38.8. The minimum absolute atomic E-state index is 0.126. The van der Waals surface area contributed by atoms with Crippen LogP contribution < -0.4 is 4.90 Å². The summed E-state index contributed by atoms with van der Waals surface area (Å²) < 4.78 is 0. The van der Waals surface area contributed by atoms with E-state index >= 15 is 0 Å². The molecule has 0 saturated heterocycles. The van der Waals surface area contributed by atoms with Gasteiger partial charge in [-0.15, -0.1) is 0 Å². The topological polar surface area (TPSA) is 69.5 Å².